The molecule has 0 bridgehead atoms. The first-order chi connectivity index (χ1) is 8.40. The maximum Gasteiger partial charge on any atom is 0.0637 e. The Morgan fingerprint density at radius 2 is 1.94 bits per heavy atom. The monoisotopic (exact) mass is 238 g/mol. The standard InChI is InChI=1S/C14H26N2O/c1-15-12-7-9-17-10-14(12)16-8-6-11-4-2-3-5-13(11)16/h11-15H,2-10H2,1H3. The second-order valence-electron chi connectivity index (χ2n) is 5.96. The van der Waals surface area contributed by atoms with Crippen LogP contribution in [0.25, 0.3) is 0 Å². The van der Waals surface area contributed by atoms with Crippen molar-refractivity contribution < 1.29 is 4.74 Å². The highest BCUT2D eigenvalue weighted by Gasteiger charge is 2.41. The van der Waals surface area contributed by atoms with Crippen molar-refractivity contribution in [3.8, 4) is 0 Å². The third-order valence-corrected chi connectivity index (χ3v) is 5.18. The van der Waals surface area contributed by atoms with E-state index in [0.717, 1.165) is 25.2 Å². The van der Waals surface area contributed by atoms with Crippen LogP contribution >= 0.6 is 0 Å². The molecule has 3 rings (SSSR count). The Kier molecular flexibility index (Phi) is 3.69. The lowest BCUT2D eigenvalue weighted by Crippen LogP contribution is -2.56. The summed E-state index contributed by atoms with van der Waals surface area (Å²) in [4.78, 5) is 2.78. The molecular formula is C14H26N2O. The Hall–Kier alpha value is -0.120. The molecule has 0 aromatic heterocycles. The summed E-state index contributed by atoms with van der Waals surface area (Å²) >= 11 is 0. The Balaban J connectivity index is 1.69. The quantitative estimate of drug-likeness (QED) is 0.791. The fourth-order valence-electron chi connectivity index (χ4n) is 4.24. The molecule has 2 heterocycles. The summed E-state index contributed by atoms with van der Waals surface area (Å²) in [5, 5.41) is 3.50. The molecule has 0 amide bonds. The number of fused-ring (bicyclic) bond motifs is 1. The van der Waals surface area contributed by atoms with E-state index < -0.39 is 0 Å². The highest BCUT2D eigenvalue weighted by atomic mass is 16.5. The molecule has 0 aromatic carbocycles. The number of likely N-dealkylation sites (tertiary alicyclic amines) is 1. The van der Waals surface area contributed by atoms with Crippen molar-refractivity contribution in [2.45, 2.75) is 56.7 Å². The molecule has 3 fully saturated rings. The third kappa shape index (κ3) is 2.25. The molecule has 4 atom stereocenters. The molecule has 3 nitrogen and oxygen atoms in total. The van der Waals surface area contributed by atoms with Crippen molar-refractivity contribution in [2.24, 2.45) is 5.92 Å². The van der Waals surface area contributed by atoms with E-state index in [1.54, 1.807) is 0 Å². The minimum atomic E-state index is 0.627. The zero-order valence-electron chi connectivity index (χ0n) is 11.0. The lowest BCUT2D eigenvalue weighted by atomic mass is 9.84. The van der Waals surface area contributed by atoms with Crippen LogP contribution in [-0.4, -0.2) is 49.8 Å². The van der Waals surface area contributed by atoms with Crippen LogP contribution in [0.3, 0.4) is 0 Å². The van der Waals surface area contributed by atoms with Crippen LogP contribution in [0.1, 0.15) is 38.5 Å². The highest BCUT2D eigenvalue weighted by molar-refractivity contribution is 4.97. The number of nitrogens with zero attached hydrogens (tertiary/aromatic N) is 1. The summed E-state index contributed by atoms with van der Waals surface area (Å²) in [5.74, 6) is 0.989. The Morgan fingerprint density at radius 1 is 1.06 bits per heavy atom. The Morgan fingerprint density at radius 3 is 2.82 bits per heavy atom. The van der Waals surface area contributed by atoms with Gasteiger partial charge in [0.05, 0.1) is 6.61 Å². The van der Waals surface area contributed by atoms with E-state index in [-0.39, 0.29) is 0 Å². The maximum absolute atomic E-state index is 5.72. The van der Waals surface area contributed by atoms with Crippen LogP contribution in [0.15, 0.2) is 0 Å². The van der Waals surface area contributed by atoms with Crippen LogP contribution in [0.2, 0.25) is 0 Å². The first-order valence-electron chi connectivity index (χ1n) is 7.41. The Bertz CT molecular complexity index is 259. The van der Waals surface area contributed by atoms with Crippen molar-refractivity contribution in [1.29, 1.82) is 0 Å². The number of ether oxygens (including phenoxy) is 1. The molecule has 0 aromatic rings. The van der Waals surface area contributed by atoms with E-state index in [1.165, 1.54) is 45.1 Å². The second-order valence-corrected chi connectivity index (χ2v) is 5.96. The topological polar surface area (TPSA) is 24.5 Å². The van der Waals surface area contributed by atoms with Crippen LogP contribution in [-0.2, 0) is 4.74 Å². The summed E-state index contributed by atoms with van der Waals surface area (Å²) in [6.07, 6.45) is 8.41. The van der Waals surface area contributed by atoms with Crippen LogP contribution < -0.4 is 5.32 Å². The van der Waals surface area contributed by atoms with Crippen molar-refractivity contribution in [3.63, 3.8) is 0 Å². The molecule has 1 saturated carbocycles. The lowest BCUT2D eigenvalue weighted by Gasteiger charge is -2.42. The number of likely N-dealkylation sites (N-methyl/N-ethyl adjacent to an activating group) is 1. The molecule has 2 saturated heterocycles. The SMILES string of the molecule is CNC1CCOCC1N1CCC2CCCCC21. The van der Waals surface area contributed by atoms with Gasteiger partial charge in [-0.25, -0.2) is 0 Å². The number of hydrogen-bond acceptors (Lipinski definition) is 3. The Labute approximate surface area is 105 Å². The van der Waals surface area contributed by atoms with E-state index in [9.17, 15) is 0 Å². The maximum atomic E-state index is 5.72. The molecule has 98 valence electrons. The van der Waals surface area contributed by atoms with Crippen molar-refractivity contribution >= 4 is 0 Å². The van der Waals surface area contributed by atoms with Crippen LogP contribution in [0.4, 0.5) is 0 Å². The molecule has 2 aliphatic heterocycles. The van der Waals surface area contributed by atoms with E-state index in [2.05, 4.69) is 17.3 Å². The van der Waals surface area contributed by atoms with Gasteiger partial charge in [0.15, 0.2) is 0 Å². The first kappa shape index (κ1) is 11.9. The molecule has 1 aliphatic carbocycles. The summed E-state index contributed by atoms with van der Waals surface area (Å²) < 4.78 is 5.72. The van der Waals surface area contributed by atoms with Gasteiger partial charge in [-0.2, -0.15) is 0 Å². The molecule has 1 N–H and O–H groups in total. The number of nitrogens with one attached hydrogen (secondary N) is 1. The zero-order chi connectivity index (χ0) is 11.7. The van der Waals surface area contributed by atoms with Gasteiger partial charge in [-0.05, 0) is 45.2 Å². The minimum Gasteiger partial charge on any atom is -0.380 e. The van der Waals surface area contributed by atoms with Crippen molar-refractivity contribution in [2.75, 3.05) is 26.8 Å². The van der Waals surface area contributed by atoms with Gasteiger partial charge in [0.25, 0.3) is 0 Å². The molecular weight excluding hydrogens is 212 g/mol. The fourth-order valence-corrected chi connectivity index (χ4v) is 4.24. The van der Waals surface area contributed by atoms with Crippen LogP contribution in [0, 0.1) is 5.92 Å². The zero-order valence-corrected chi connectivity index (χ0v) is 11.0. The van der Waals surface area contributed by atoms with Crippen LogP contribution in [0.5, 0.6) is 0 Å². The highest BCUT2D eigenvalue weighted by Crippen LogP contribution is 2.38. The first-order valence-corrected chi connectivity index (χ1v) is 7.41. The summed E-state index contributed by atoms with van der Waals surface area (Å²) in [6.45, 7) is 3.18. The molecule has 4 unspecified atom stereocenters. The molecule has 0 radical (unpaired) electrons. The predicted octanol–water partition coefficient (Wildman–Crippen LogP) is 1.63. The summed E-state index contributed by atoms with van der Waals surface area (Å²) in [6, 6.07) is 2.14. The van der Waals surface area contributed by atoms with E-state index in [4.69, 9.17) is 4.74 Å². The summed E-state index contributed by atoms with van der Waals surface area (Å²) in [5.41, 5.74) is 0. The lowest BCUT2D eigenvalue weighted by molar-refractivity contribution is -0.0136. The largest absolute Gasteiger partial charge is 0.380 e. The molecule has 3 aliphatic rings. The normalized spacial score (nSPS) is 43.6. The fraction of sp³-hybridized carbons (Fsp3) is 1.00. The average Bonchev–Trinajstić information content (AvgIpc) is 2.82. The smallest absolute Gasteiger partial charge is 0.0637 e. The van der Waals surface area contributed by atoms with Crippen molar-refractivity contribution in [3.05, 3.63) is 0 Å². The van der Waals surface area contributed by atoms with Gasteiger partial charge in [-0.1, -0.05) is 12.8 Å². The molecule has 3 heteroatoms. The van der Waals surface area contributed by atoms with Gasteiger partial charge in [0.2, 0.25) is 0 Å². The number of hydrogen-bond donors (Lipinski definition) is 1. The minimum absolute atomic E-state index is 0.627. The summed E-state index contributed by atoms with van der Waals surface area (Å²) in [7, 11) is 2.11. The second kappa shape index (κ2) is 5.25. The van der Waals surface area contributed by atoms with E-state index in [1.807, 2.05) is 0 Å². The third-order valence-electron chi connectivity index (χ3n) is 5.18. The number of rotatable bonds is 2. The molecule has 0 spiro atoms. The van der Waals surface area contributed by atoms with Gasteiger partial charge in [0.1, 0.15) is 0 Å². The van der Waals surface area contributed by atoms with Gasteiger partial charge in [-0.15, -0.1) is 0 Å². The van der Waals surface area contributed by atoms with E-state index >= 15 is 0 Å². The predicted molar refractivity (Wildman–Crippen MR) is 69.1 cm³/mol. The van der Waals surface area contributed by atoms with Gasteiger partial charge in [0, 0.05) is 24.7 Å². The molecule has 17 heavy (non-hydrogen) atoms. The van der Waals surface area contributed by atoms with E-state index in [0.29, 0.717) is 12.1 Å². The average molecular weight is 238 g/mol. The van der Waals surface area contributed by atoms with Gasteiger partial charge >= 0.3 is 0 Å². The van der Waals surface area contributed by atoms with Gasteiger partial charge < -0.3 is 10.1 Å². The van der Waals surface area contributed by atoms with Gasteiger partial charge in [-0.3, -0.25) is 4.90 Å². The van der Waals surface area contributed by atoms with Crippen molar-refractivity contribution in [1.82, 2.24) is 10.2 Å².